The molecule has 0 bridgehead atoms. The lowest BCUT2D eigenvalue weighted by molar-refractivity contribution is 0.237. The van der Waals surface area contributed by atoms with Crippen molar-refractivity contribution in [2.45, 2.75) is 46.2 Å². The van der Waals surface area contributed by atoms with Crippen LogP contribution in [0.2, 0.25) is 0 Å². The first kappa shape index (κ1) is 13.7. The molecular weight excluding hydrogens is 218 g/mol. The van der Waals surface area contributed by atoms with Crippen LogP contribution < -0.4 is 5.32 Å². The Morgan fingerprint density at radius 1 is 1.31 bits per heavy atom. The van der Waals surface area contributed by atoms with E-state index in [1.54, 1.807) is 0 Å². The Bertz CT molecular complexity index is 309. The van der Waals surface area contributed by atoms with Gasteiger partial charge < -0.3 is 10.4 Å². The minimum Gasteiger partial charge on any atom is -0.396 e. The molecular formula is C13H23NOS. The fourth-order valence-electron chi connectivity index (χ4n) is 1.84. The van der Waals surface area contributed by atoms with E-state index in [0.29, 0.717) is 18.0 Å². The topological polar surface area (TPSA) is 32.3 Å². The van der Waals surface area contributed by atoms with Gasteiger partial charge in [0.15, 0.2) is 0 Å². The number of hydrogen-bond acceptors (Lipinski definition) is 3. The van der Waals surface area contributed by atoms with Crippen LogP contribution in [-0.4, -0.2) is 17.8 Å². The van der Waals surface area contributed by atoms with E-state index in [4.69, 9.17) is 5.11 Å². The van der Waals surface area contributed by atoms with Crippen molar-refractivity contribution in [3.8, 4) is 0 Å². The Kier molecular flexibility index (Phi) is 5.46. The Labute approximate surface area is 103 Å². The molecule has 2 unspecified atom stereocenters. The second-order valence-electron chi connectivity index (χ2n) is 4.70. The number of aliphatic hydroxyl groups excluding tert-OH is 1. The van der Waals surface area contributed by atoms with Gasteiger partial charge in [0.25, 0.3) is 0 Å². The zero-order valence-electron chi connectivity index (χ0n) is 10.7. The molecule has 0 radical (unpaired) electrons. The third kappa shape index (κ3) is 3.89. The Balaban J connectivity index is 2.57. The lowest BCUT2D eigenvalue weighted by Crippen LogP contribution is -2.36. The molecule has 3 heteroatoms. The quantitative estimate of drug-likeness (QED) is 0.802. The average Bonchev–Trinajstić information content (AvgIpc) is 2.64. The molecule has 0 aliphatic carbocycles. The van der Waals surface area contributed by atoms with E-state index in [0.717, 1.165) is 6.42 Å². The Hall–Kier alpha value is -0.380. The monoisotopic (exact) mass is 241 g/mol. The van der Waals surface area contributed by atoms with Crippen LogP contribution in [-0.2, 0) is 0 Å². The summed E-state index contributed by atoms with van der Waals surface area (Å²) in [5, 5.41) is 12.6. The van der Waals surface area contributed by atoms with Crippen LogP contribution in [0.3, 0.4) is 0 Å². The van der Waals surface area contributed by atoms with Crippen LogP contribution >= 0.6 is 11.3 Å². The molecule has 1 aromatic heterocycles. The predicted octanol–water partition coefficient (Wildman–Crippen LogP) is 3.11. The minimum absolute atomic E-state index is 0.256. The van der Waals surface area contributed by atoms with Crippen molar-refractivity contribution >= 4 is 11.3 Å². The molecule has 1 aromatic rings. The van der Waals surface area contributed by atoms with Gasteiger partial charge in [0.05, 0.1) is 0 Å². The van der Waals surface area contributed by atoms with Crippen molar-refractivity contribution < 1.29 is 5.11 Å². The van der Waals surface area contributed by atoms with Crippen LogP contribution in [0.25, 0.3) is 0 Å². The van der Waals surface area contributed by atoms with Crippen molar-refractivity contribution in [3.05, 3.63) is 21.9 Å². The summed E-state index contributed by atoms with van der Waals surface area (Å²) < 4.78 is 0. The average molecular weight is 241 g/mol. The van der Waals surface area contributed by atoms with Crippen LogP contribution in [0, 0.1) is 12.8 Å². The molecule has 0 fully saturated rings. The third-order valence-electron chi connectivity index (χ3n) is 2.90. The second kappa shape index (κ2) is 6.38. The maximum Gasteiger partial charge on any atom is 0.0445 e. The number of aliphatic hydroxyl groups is 1. The second-order valence-corrected chi connectivity index (χ2v) is 6.02. The van der Waals surface area contributed by atoms with Gasteiger partial charge in [0, 0.05) is 28.4 Å². The standard InChI is InChI=1S/C13H23NOS/c1-9(2)12(7-8-15)14-11(4)13-6-5-10(3)16-13/h5-6,9,11-12,14-15H,7-8H2,1-4H3. The summed E-state index contributed by atoms with van der Waals surface area (Å²) in [6.07, 6.45) is 0.826. The van der Waals surface area contributed by atoms with E-state index in [1.165, 1.54) is 9.75 Å². The molecule has 1 heterocycles. The molecule has 0 amide bonds. The zero-order chi connectivity index (χ0) is 12.1. The normalized spacial score (nSPS) is 15.4. The van der Waals surface area contributed by atoms with E-state index in [9.17, 15) is 0 Å². The number of nitrogens with one attached hydrogen (secondary N) is 1. The first-order valence-corrected chi connectivity index (χ1v) is 6.79. The van der Waals surface area contributed by atoms with Crippen molar-refractivity contribution in [1.82, 2.24) is 5.32 Å². The lowest BCUT2D eigenvalue weighted by Gasteiger charge is -2.25. The molecule has 0 saturated heterocycles. The summed E-state index contributed by atoms with van der Waals surface area (Å²) in [5.74, 6) is 0.552. The smallest absolute Gasteiger partial charge is 0.0445 e. The van der Waals surface area contributed by atoms with Crippen molar-refractivity contribution in [3.63, 3.8) is 0 Å². The molecule has 0 aliphatic rings. The predicted molar refractivity (Wildman–Crippen MR) is 70.9 cm³/mol. The molecule has 92 valence electrons. The highest BCUT2D eigenvalue weighted by atomic mass is 32.1. The molecule has 0 aromatic carbocycles. The van der Waals surface area contributed by atoms with Crippen LogP contribution in [0.1, 0.15) is 43.0 Å². The molecule has 0 aliphatic heterocycles. The van der Waals surface area contributed by atoms with Crippen LogP contribution in [0.15, 0.2) is 12.1 Å². The first-order valence-electron chi connectivity index (χ1n) is 5.97. The molecule has 0 spiro atoms. The SMILES string of the molecule is Cc1ccc(C(C)NC(CCO)C(C)C)s1. The molecule has 16 heavy (non-hydrogen) atoms. The van der Waals surface area contributed by atoms with Crippen molar-refractivity contribution in [2.75, 3.05) is 6.61 Å². The maximum atomic E-state index is 9.04. The van der Waals surface area contributed by atoms with Crippen LogP contribution in [0.5, 0.6) is 0 Å². The summed E-state index contributed by atoms with van der Waals surface area (Å²) in [4.78, 5) is 2.73. The summed E-state index contributed by atoms with van der Waals surface area (Å²) in [5.41, 5.74) is 0. The summed E-state index contributed by atoms with van der Waals surface area (Å²) in [7, 11) is 0. The molecule has 2 N–H and O–H groups in total. The Morgan fingerprint density at radius 2 is 2.00 bits per heavy atom. The van der Waals surface area contributed by atoms with Gasteiger partial charge in [-0.15, -0.1) is 11.3 Å². The maximum absolute atomic E-state index is 9.04. The van der Waals surface area contributed by atoms with Gasteiger partial charge in [-0.1, -0.05) is 13.8 Å². The molecule has 1 rings (SSSR count). The highest BCUT2D eigenvalue weighted by Gasteiger charge is 2.16. The fraction of sp³-hybridized carbons (Fsp3) is 0.692. The van der Waals surface area contributed by atoms with Gasteiger partial charge in [0.2, 0.25) is 0 Å². The van der Waals surface area contributed by atoms with E-state index in [2.05, 4.69) is 45.1 Å². The number of rotatable bonds is 6. The highest BCUT2D eigenvalue weighted by molar-refractivity contribution is 7.12. The van der Waals surface area contributed by atoms with Gasteiger partial charge in [-0.05, 0) is 38.3 Å². The fourth-order valence-corrected chi connectivity index (χ4v) is 2.73. The Morgan fingerprint density at radius 3 is 2.44 bits per heavy atom. The van der Waals surface area contributed by atoms with Gasteiger partial charge in [-0.3, -0.25) is 0 Å². The van der Waals surface area contributed by atoms with Gasteiger partial charge in [-0.2, -0.15) is 0 Å². The highest BCUT2D eigenvalue weighted by Crippen LogP contribution is 2.23. The van der Waals surface area contributed by atoms with E-state index in [1.807, 2.05) is 11.3 Å². The molecule has 2 atom stereocenters. The van der Waals surface area contributed by atoms with Gasteiger partial charge >= 0.3 is 0 Å². The van der Waals surface area contributed by atoms with Gasteiger partial charge in [0.1, 0.15) is 0 Å². The largest absolute Gasteiger partial charge is 0.396 e. The van der Waals surface area contributed by atoms with Crippen LogP contribution in [0.4, 0.5) is 0 Å². The van der Waals surface area contributed by atoms with E-state index < -0.39 is 0 Å². The molecule has 0 saturated carbocycles. The van der Waals surface area contributed by atoms with Crippen molar-refractivity contribution in [2.24, 2.45) is 5.92 Å². The minimum atomic E-state index is 0.256. The van der Waals surface area contributed by atoms with E-state index in [-0.39, 0.29) is 6.61 Å². The van der Waals surface area contributed by atoms with Crippen molar-refractivity contribution in [1.29, 1.82) is 0 Å². The first-order chi connectivity index (χ1) is 7.54. The summed E-state index contributed by atoms with van der Waals surface area (Å²) in [6, 6.07) is 5.11. The summed E-state index contributed by atoms with van der Waals surface area (Å²) in [6.45, 7) is 8.97. The summed E-state index contributed by atoms with van der Waals surface area (Å²) >= 11 is 1.84. The number of aryl methyl sites for hydroxylation is 1. The van der Waals surface area contributed by atoms with E-state index >= 15 is 0 Å². The number of thiophene rings is 1. The molecule has 2 nitrogen and oxygen atoms in total. The lowest BCUT2D eigenvalue weighted by atomic mass is 10.0. The van der Waals surface area contributed by atoms with Gasteiger partial charge in [-0.25, -0.2) is 0 Å². The number of hydrogen-bond donors (Lipinski definition) is 2. The third-order valence-corrected chi connectivity index (χ3v) is 4.08. The zero-order valence-corrected chi connectivity index (χ0v) is 11.5.